The Balaban J connectivity index is 3.09. The molecule has 0 radical (unpaired) electrons. The zero-order valence-corrected chi connectivity index (χ0v) is 16.4. The van der Waals surface area contributed by atoms with Crippen LogP contribution in [0, 0.1) is 5.41 Å². The maximum absolute atomic E-state index is 14.3. The van der Waals surface area contributed by atoms with Gasteiger partial charge >= 0.3 is 6.09 Å². The SMILES string of the molecule is CNC(=O)[C@@H]1[C@H](F)[C@H](O)CN1C(=O)[C@@H](NC(=O)OC(C)(C)C)C(C)(C)C. The molecule has 0 saturated carbocycles. The third kappa shape index (κ3) is 5.30. The van der Waals surface area contributed by atoms with Crippen molar-refractivity contribution in [1.82, 2.24) is 15.5 Å². The molecule has 0 bridgehead atoms. The predicted molar refractivity (Wildman–Crippen MR) is 93.1 cm³/mol. The van der Waals surface area contributed by atoms with Crippen molar-refractivity contribution in [1.29, 1.82) is 0 Å². The summed E-state index contributed by atoms with van der Waals surface area (Å²) in [4.78, 5) is 38.1. The van der Waals surface area contributed by atoms with Crippen molar-refractivity contribution >= 4 is 17.9 Å². The molecule has 0 aromatic carbocycles. The van der Waals surface area contributed by atoms with E-state index in [2.05, 4.69) is 10.6 Å². The number of amides is 3. The van der Waals surface area contributed by atoms with Crippen molar-refractivity contribution in [3.05, 3.63) is 0 Å². The molecule has 0 spiro atoms. The van der Waals surface area contributed by atoms with Crippen LogP contribution in [0.25, 0.3) is 0 Å². The first-order valence-corrected chi connectivity index (χ1v) is 8.52. The summed E-state index contributed by atoms with van der Waals surface area (Å²) in [7, 11) is 1.32. The highest BCUT2D eigenvalue weighted by atomic mass is 19.1. The number of halogens is 1. The molecular formula is C17H30FN3O5. The van der Waals surface area contributed by atoms with Gasteiger partial charge in [-0.15, -0.1) is 0 Å². The van der Waals surface area contributed by atoms with Gasteiger partial charge < -0.3 is 25.4 Å². The summed E-state index contributed by atoms with van der Waals surface area (Å²) >= 11 is 0. The standard InChI is InChI=1S/C17H30FN3O5/c1-16(2,3)12(20-15(25)26-17(4,5)6)14(24)21-8-9(22)10(18)11(21)13(23)19-7/h9-12,22H,8H2,1-7H3,(H,19,23)(H,20,25)/t9-,10-,11+,12-/m1/s1. The normalized spacial score (nSPS) is 24.8. The summed E-state index contributed by atoms with van der Waals surface area (Å²) in [6, 6.07) is -2.52. The molecule has 1 saturated heterocycles. The van der Waals surface area contributed by atoms with E-state index >= 15 is 0 Å². The second kappa shape index (κ2) is 7.77. The fourth-order valence-electron chi connectivity index (χ4n) is 2.70. The predicted octanol–water partition coefficient (Wildman–Crippen LogP) is 0.582. The number of carbonyl (C=O) groups is 3. The summed E-state index contributed by atoms with van der Waals surface area (Å²) < 4.78 is 19.4. The van der Waals surface area contributed by atoms with E-state index in [9.17, 15) is 23.9 Å². The summed E-state index contributed by atoms with van der Waals surface area (Å²) in [5, 5.41) is 14.6. The molecule has 1 fully saturated rings. The maximum atomic E-state index is 14.3. The van der Waals surface area contributed by atoms with Crippen molar-refractivity contribution in [3.63, 3.8) is 0 Å². The van der Waals surface area contributed by atoms with Gasteiger partial charge in [0.1, 0.15) is 23.8 Å². The van der Waals surface area contributed by atoms with E-state index in [-0.39, 0.29) is 6.54 Å². The van der Waals surface area contributed by atoms with Gasteiger partial charge in [-0.3, -0.25) is 9.59 Å². The number of rotatable bonds is 3. The molecule has 0 aromatic rings. The molecule has 3 N–H and O–H groups in total. The Morgan fingerprint density at radius 1 is 1.19 bits per heavy atom. The lowest BCUT2D eigenvalue weighted by Crippen LogP contribution is -2.59. The molecule has 0 unspecified atom stereocenters. The number of carbonyl (C=O) groups excluding carboxylic acids is 3. The fraction of sp³-hybridized carbons (Fsp3) is 0.824. The zero-order chi connectivity index (χ0) is 20.4. The Labute approximate surface area is 153 Å². The molecule has 150 valence electrons. The monoisotopic (exact) mass is 375 g/mol. The van der Waals surface area contributed by atoms with Crippen LogP contribution >= 0.6 is 0 Å². The largest absolute Gasteiger partial charge is 0.444 e. The highest BCUT2D eigenvalue weighted by Crippen LogP contribution is 2.28. The van der Waals surface area contributed by atoms with Crippen molar-refractivity contribution in [3.8, 4) is 0 Å². The summed E-state index contributed by atoms with van der Waals surface area (Å²) in [6.45, 7) is 9.90. The number of aliphatic hydroxyl groups is 1. The number of hydrogen-bond acceptors (Lipinski definition) is 5. The van der Waals surface area contributed by atoms with Crippen LogP contribution < -0.4 is 10.6 Å². The van der Waals surface area contributed by atoms with Gasteiger partial charge in [-0.1, -0.05) is 20.8 Å². The second-order valence-electron chi connectivity index (χ2n) is 8.51. The highest BCUT2D eigenvalue weighted by molar-refractivity contribution is 5.92. The third-order valence-corrected chi connectivity index (χ3v) is 3.96. The lowest BCUT2D eigenvalue weighted by Gasteiger charge is -2.35. The maximum Gasteiger partial charge on any atom is 0.408 e. The highest BCUT2D eigenvalue weighted by Gasteiger charge is 2.50. The molecule has 9 heteroatoms. The van der Waals surface area contributed by atoms with Gasteiger partial charge in [0.2, 0.25) is 11.8 Å². The lowest BCUT2D eigenvalue weighted by molar-refractivity contribution is -0.143. The molecule has 1 aliphatic rings. The van der Waals surface area contributed by atoms with E-state index in [1.54, 1.807) is 41.5 Å². The number of aliphatic hydroxyl groups excluding tert-OH is 1. The molecule has 0 aliphatic carbocycles. The van der Waals surface area contributed by atoms with Crippen LogP contribution in [-0.4, -0.2) is 71.5 Å². The Morgan fingerprint density at radius 2 is 1.73 bits per heavy atom. The number of nitrogens with one attached hydrogen (secondary N) is 2. The first-order valence-electron chi connectivity index (χ1n) is 8.52. The van der Waals surface area contributed by atoms with Gasteiger partial charge in [-0.25, -0.2) is 9.18 Å². The van der Waals surface area contributed by atoms with Crippen molar-refractivity contribution in [2.75, 3.05) is 13.6 Å². The van der Waals surface area contributed by atoms with Gasteiger partial charge in [0.05, 0.1) is 6.54 Å². The van der Waals surface area contributed by atoms with Gasteiger partial charge in [-0.2, -0.15) is 0 Å². The van der Waals surface area contributed by atoms with Crippen LogP contribution in [0.3, 0.4) is 0 Å². The zero-order valence-electron chi connectivity index (χ0n) is 16.4. The third-order valence-electron chi connectivity index (χ3n) is 3.96. The Bertz CT molecular complexity index is 556. The molecule has 1 heterocycles. The van der Waals surface area contributed by atoms with E-state index in [1.165, 1.54) is 7.05 Å². The Morgan fingerprint density at radius 3 is 2.15 bits per heavy atom. The molecule has 26 heavy (non-hydrogen) atoms. The number of hydrogen-bond donors (Lipinski definition) is 3. The smallest absolute Gasteiger partial charge is 0.408 e. The number of nitrogens with zero attached hydrogens (tertiary/aromatic N) is 1. The minimum Gasteiger partial charge on any atom is -0.444 e. The van der Waals surface area contributed by atoms with Gasteiger partial charge in [0.15, 0.2) is 6.17 Å². The van der Waals surface area contributed by atoms with E-state index < -0.39 is 53.3 Å². The van der Waals surface area contributed by atoms with E-state index in [4.69, 9.17) is 4.74 Å². The molecule has 0 aromatic heterocycles. The number of alkyl halides is 1. The summed E-state index contributed by atoms with van der Waals surface area (Å²) in [5.41, 5.74) is -1.49. The molecule has 1 rings (SSSR count). The molecule has 4 atom stereocenters. The van der Waals surface area contributed by atoms with Crippen LogP contribution in [0.15, 0.2) is 0 Å². The molecule has 8 nitrogen and oxygen atoms in total. The molecular weight excluding hydrogens is 345 g/mol. The number of likely N-dealkylation sites (N-methyl/N-ethyl adjacent to an activating group) is 1. The van der Waals surface area contributed by atoms with Gasteiger partial charge in [-0.05, 0) is 26.2 Å². The van der Waals surface area contributed by atoms with E-state index in [0.29, 0.717) is 0 Å². The van der Waals surface area contributed by atoms with E-state index in [0.717, 1.165) is 4.90 Å². The average Bonchev–Trinajstić information content (AvgIpc) is 2.76. The first-order chi connectivity index (χ1) is 11.7. The van der Waals surface area contributed by atoms with Crippen molar-refractivity contribution in [2.24, 2.45) is 5.41 Å². The summed E-state index contributed by atoms with van der Waals surface area (Å²) in [5.74, 6) is -1.37. The minimum absolute atomic E-state index is 0.333. The van der Waals surface area contributed by atoms with Crippen LogP contribution in [0.2, 0.25) is 0 Å². The van der Waals surface area contributed by atoms with Gasteiger partial charge in [0.25, 0.3) is 0 Å². The lowest BCUT2D eigenvalue weighted by atomic mass is 9.85. The topological polar surface area (TPSA) is 108 Å². The number of β-amino-alcohol motifs (C(OH)–C–C–N with tert-alkyl or cyclic N) is 1. The molecule has 1 aliphatic heterocycles. The second-order valence-corrected chi connectivity index (χ2v) is 8.51. The number of ether oxygens (including phenoxy) is 1. The number of alkyl carbamates (subject to hydrolysis) is 1. The molecule has 3 amide bonds. The number of likely N-dealkylation sites (tertiary alicyclic amines) is 1. The van der Waals surface area contributed by atoms with Crippen LogP contribution in [0.5, 0.6) is 0 Å². The van der Waals surface area contributed by atoms with Crippen molar-refractivity contribution < 1.29 is 28.6 Å². The van der Waals surface area contributed by atoms with Gasteiger partial charge in [0, 0.05) is 7.05 Å². The van der Waals surface area contributed by atoms with E-state index in [1.807, 2.05) is 0 Å². The van der Waals surface area contributed by atoms with Crippen molar-refractivity contribution in [2.45, 2.75) is 71.5 Å². The quantitative estimate of drug-likeness (QED) is 0.669. The minimum atomic E-state index is -1.90. The Kier molecular flexibility index (Phi) is 6.62. The Hall–Kier alpha value is -1.90. The van der Waals surface area contributed by atoms with Crippen LogP contribution in [0.1, 0.15) is 41.5 Å². The summed E-state index contributed by atoms with van der Waals surface area (Å²) in [6.07, 6.45) is -4.16. The van der Waals surface area contributed by atoms with Crippen LogP contribution in [-0.2, 0) is 14.3 Å². The first kappa shape index (κ1) is 22.1. The van der Waals surface area contributed by atoms with Crippen LogP contribution in [0.4, 0.5) is 9.18 Å². The fourth-order valence-corrected chi connectivity index (χ4v) is 2.70. The average molecular weight is 375 g/mol.